The van der Waals surface area contributed by atoms with Gasteiger partial charge in [-0.25, -0.2) is 4.79 Å². The minimum atomic E-state index is -1.12. The van der Waals surface area contributed by atoms with Crippen LogP contribution in [-0.2, 0) is 0 Å². The third kappa shape index (κ3) is 2.31. The van der Waals surface area contributed by atoms with Crippen LogP contribution in [0.1, 0.15) is 10.4 Å². The molecule has 0 atom stereocenters. The summed E-state index contributed by atoms with van der Waals surface area (Å²) in [5.74, 6) is -1.32. The largest absolute Gasteiger partial charge is 0.507 e. The maximum atomic E-state index is 10.7. The minimum absolute atomic E-state index is 0. The first-order chi connectivity index (χ1) is 6.68. The van der Waals surface area contributed by atoms with Gasteiger partial charge in [0.2, 0.25) is 0 Å². The summed E-state index contributed by atoms with van der Waals surface area (Å²) in [6, 6.07) is 10.2. The Morgan fingerprint density at radius 1 is 1.07 bits per heavy atom. The summed E-state index contributed by atoms with van der Waals surface area (Å²) in [5.41, 5.74) is -0.0660. The number of carboxylic acid groups (broad SMARTS) is 1. The number of rotatable bonds is 1. The molecule has 1 radical (unpaired) electrons. The standard InChI is InChI=1S/C11H8O3.Na/c12-10-6-8-4-2-1-3-7(8)5-9(10)11(13)14;/h1-6,12H,(H,13,14);. The Hall–Kier alpha value is -1.03. The van der Waals surface area contributed by atoms with Gasteiger partial charge in [-0.2, -0.15) is 0 Å². The number of hydrogen-bond acceptors (Lipinski definition) is 2. The number of fused-ring (bicyclic) bond motifs is 1. The van der Waals surface area contributed by atoms with Crippen molar-refractivity contribution in [2.45, 2.75) is 0 Å². The van der Waals surface area contributed by atoms with E-state index in [0.717, 1.165) is 10.8 Å². The van der Waals surface area contributed by atoms with Gasteiger partial charge in [0, 0.05) is 29.6 Å². The molecule has 2 N–H and O–H groups in total. The zero-order valence-electron chi connectivity index (χ0n) is 8.27. The monoisotopic (exact) mass is 211 g/mol. The van der Waals surface area contributed by atoms with Gasteiger partial charge in [-0.3, -0.25) is 0 Å². The van der Waals surface area contributed by atoms with Crippen LogP contribution in [0.5, 0.6) is 5.75 Å². The summed E-state index contributed by atoms with van der Waals surface area (Å²) in [6.45, 7) is 0. The Morgan fingerprint density at radius 3 is 2.13 bits per heavy atom. The Morgan fingerprint density at radius 2 is 1.60 bits per heavy atom. The van der Waals surface area contributed by atoms with E-state index < -0.39 is 5.97 Å². The molecule has 2 aromatic rings. The van der Waals surface area contributed by atoms with Gasteiger partial charge < -0.3 is 10.2 Å². The SMILES string of the molecule is O=C(O)c1cc2ccccc2cc1O.[Na]. The molecule has 2 rings (SSSR count). The average Bonchev–Trinajstić information content (AvgIpc) is 2.16. The van der Waals surface area contributed by atoms with Crippen LogP contribution in [0.2, 0.25) is 0 Å². The predicted molar refractivity (Wildman–Crippen MR) is 58.3 cm³/mol. The first-order valence-electron chi connectivity index (χ1n) is 4.13. The van der Waals surface area contributed by atoms with Crippen LogP contribution in [0.15, 0.2) is 36.4 Å². The number of carboxylic acids is 1. The van der Waals surface area contributed by atoms with E-state index in [2.05, 4.69) is 0 Å². The number of phenols is 1. The van der Waals surface area contributed by atoms with E-state index in [9.17, 15) is 9.90 Å². The molecule has 0 unspecified atom stereocenters. The van der Waals surface area contributed by atoms with Crippen molar-refractivity contribution in [2.24, 2.45) is 0 Å². The summed E-state index contributed by atoms with van der Waals surface area (Å²) in [4.78, 5) is 10.7. The molecule has 0 amide bonds. The molecule has 0 spiro atoms. The van der Waals surface area contributed by atoms with Gasteiger partial charge in [-0.15, -0.1) is 0 Å². The molecule has 0 fully saturated rings. The molecule has 0 saturated carbocycles. The molecule has 0 aliphatic carbocycles. The first-order valence-corrected chi connectivity index (χ1v) is 4.13. The summed E-state index contributed by atoms with van der Waals surface area (Å²) >= 11 is 0. The van der Waals surface area contributed by atoms with E-state index in [1.807, 2.05) is 18.2 Å². The van der Waals surface area contributed by atoms with Crippen molar-refractivity contribution in [1.29, 1.82) is 0 Å². The summed E-state index contributed by atoms with van der Waals surface area (Å²) in [5, 5.41) is 19.8. The smallest absolute Gasteiger partial charge is 0.339 e. The van der Waals surface area contributed by atoms with Crippen LogP contribution in [-0.4, -0.2) is 45.7 Å². The Balaban J connectivity index is 0.00000112. The number of aromatic hydroxyl groups is 1. The molecule has 0 saturated heterocycles. The number of aromatic carboxylic acids is 1. The second-order valence-corrected chi connectivity index (χ2v) is 3.02. The van der Waals surface area contributed by atoms with Crippen LogP contribution < -0.4 is 0 Å². The van der Waals surface area contributed by atoms with Crippen LogP contribution >= 0.6 is 0 Å². The second kappa shape index (κ2) is 4.66. The Bertz CT molecular complexity index is 508. The molecule has 15 heavy (non-hydrogen) atoms. The van der Waals surface area contributed by atoms with Gasteiger partial charge >= 0.3 is 5.97 Å². The van der Waals surface area contributed by atoms with Crippen molar-refractivity contribution in [2.75, 3.05) is 0 Å². The topological polar surface area (TPSA) is 57.5 Å². The second-order valence-electron chi connectivity index (χ2n) is 3.02. The van der Waals surface area contributed by atoms with Crippen molar-refractivity contribution in [3.05, 3.63) is 42.0 Å². The average molecular weight is 211 g/mol. The van der Waals surface area contributed by atoms with E-state index in [-0.39, 0.29) is 40.9 Å². The summed E-state index contributed by atoms with van der Waals surface area (Å²) < 4.78 is 0. The van der Waals surface area contributed by atoms with Crippen molar-refractivity contribution < 1.29 is 15.0 Å². The fourth-order valence-electron chi connectivity index (χ4n) is 1.40. The molecule has 0 aliphatic heterocycles. The van der Waals surface area contributed by atoms with Gasteiger partial charge in [0.25, 0.3) is 0 Å². The number of hydrogen-bond donors (Lipinski definition) is 2. The molecule has 0 heterocycles. The predicted octanol–water partition coefficient (Wildman–Crippen LogP) is 1.86. The Labute approximate surface area is 109 Å². The van der Waals surface area contributed by atoms with Gasteiger partial charge in [-0.1, -0.05) is 24.3 Å². The molecule has 2 aromatic carbocycles. The molecule has 0 bridgehead atoms. The zero-order chi connectivity index (χ0) is 10.1. The third-order valence-corrected chi connectivity index (χ3v) is 2.09. The maximum Gasteiger partial charge on any atom is 0.339 e. The molecule has 0 aromatic heterocycles. The fraction of sp³-hybridized carbons (Fsp3) is 0. The van der Waals surface area contributed by atoms with Crippen LogP contribution in [0.4, 0.5) is 0 Å². The van der Waals surface area contributed by atoms with Crippen LogP contribution in [0.25, 0.3) is 10.8 Å². The fourth-order valence-corrected chi connectivity index (χ4v) is 1.40. The van der Waals surface area contributed by atoms with Gasteiger partial charge in [0.1, 0.15) is 11.3 Å². The zero-order valence-corrected chi connectivity index (χ0v) is 10.3. The molecular formula is C11H8NaO3. The van der Waals surface area contributed by atoms with E-state index in [4.69, 9.17) is 5.11 Å². The Kier molecular flexibility index (Phi) is 3.74. The molecule has 71 valence electrons. The maximum absolute atomic E-state index is 10.7. The van der Waals surface area contributed by atoms with E-state index in [0.29, 0.717) is 0 Å². The normalized spacial score (nSPS) is 9.60. The van der Waals surface area contributed by atoms with E-state index >= 15 is 0 Å². The molecular weight excluding hydrogens is 203 g/mol. The van der Waals surface area contributed by atoms with Gasteiger partial charge in [0.05, 0.1) is 0 Å². The first kappa shape index (κ1) is 12.0. The van der Waals surface area contributed by atoms with E-state index in [1.165, 1.54) is 12.1 Å². The number of carbonyl (C=O) groups is 1. The van der Waals surface area contributed by atoms with Gasteiger partial charge in [-0.05, 0) is 22.9 Å². The minimum Gasteiger partial charge on any atom is -0.507 e. The van der Waals surface area contributed by atoms with E-state index in [1.54, 1.807) is 6.07 Å². The quantitative estimate of drug-likeness (QED) is 0.708. The van der Waals surface area contributed by atoms with Crippen molar-refractivity contribution in [3.63, 3.8) is 0 Å². The summed E-state index contributed by atoms with van der Waals surface area (Å²) in [6.07, 6.45) is 0. The van der Waals surface area contributed by atoms with Crippen molar-refractivity contribution in [1.82, 2.24) is 0 Å². The third-order valence-electron chi connectivity index (χ3n) is 2.09. The molecule has 4 heteroatoms. The van der Waals surface area contributed by atoms with Crippen molar-refractivity contribution >= 4 is 46.3 Å². The number of benzene rings is 2. The van der Waals surface area contributed by atoms with Gasteiger partial charge in [0.15, 0.2) is 0 Å². The van der Waals surface area contributed by atoms with Crippen LogP contribution in [0.3, 0.4) is 0 Å². The summed E-state index contributed by atoms with van der Waals surface area (Å²) in [7, 11) is 0. The molecule has 0 aliphatic rings. The molecule has 3 nitrogen and oxygen atoms in total. The van der Waals surface area contributed by atoms with Crippen molar-refractivity contribution in [3.8, 4) is 5.75 Å². The van der Waals surface area contributed by atoms with Crippen LogP contribution in [0, 0.1) is 0 Å².